The number of nitrogens with zero attached hydrogens (tertiary/aromatic N) is 3. The van der Waals surface area contributed by atoms with Crippen molar-refractivity contribution in [3.05, 3.63) is 59.3 Å². The fourth-order valence-corrected chi connectivity index (χ4v) is 4.29. The number of hydrogen-bond donors (Lipinski definition) is 2. The van der Waals surface area contributed by atoms with Gasteiger partial charge in [0.05, 0.1) is 18.0 Å². The normalized spacial score (nSPS) is 21.0. The third-order valence-corrected chi connectivity index (χ3v) is 6.36. The second kappa shape index (κ2) is 7.32. The molecule has 1 aliphatic carbocycles. The standard InChI is InChI=1S/C24H27N5O/c1-24(2,25-3)11-10-16-13-30-20-7-5-4-6-17(20)21(16)29-23-18-12-19(15-8-9-15)28-22(18)26-14-27-23/h4-7,12,14-16,21H,8-11,13H2,1-2H3,(H2,26,27,28,29)/t16-,21+/m1/s1. The summed E-state index contributed by atoms with van der Waals surface area (Å²) in [5.41, 5.74) is 2.94. The second-order valence-electron chi connectivity index (χ2n) is 9.18. The van der Waals surface area contributed by atoms with Crippen LogP contribution in [0.4, 0.5) is 5.82 Å². The van der Waals surface area contributed by atoms with Crippen LogP contribution in [0, 0.1) is 12.5 Å². The van der Waals surface area contributed by atoms with Gasteiger partial charge in [0.15, 0.2) is 0 Å². The molecule has 0 bridgehead atoms. The molecular weight excluding hydrogens is 374 g/mol. The zero-order valence-electron chi connectivity index (χ0n) is 17.5. The number of hydrogen-bond acceptors (Lipinski definition) is 4. The predicted molar refractivity (Wildman–Crippen MR) is 118 cm³/mol. The summed E-state index contributed by atoms with van der Waals surface area (Å²) in [7, 11) is 0. The molecule has 154 valence electrons. The van der Waals surface area contributed by atoms with Crippen molar-refractivity contribution in [2.24, 2.45) is 5.92 Å². The van der Waals surface area contributed by atoms with Crippen molar-refractivity contribution in [1.82, 2.24) is 15.0 Å². The van der Waals surface area contributed by atoms with Crippen LogP contribution < -0.4 is 10.1 Å². The Morgan fingerprint density at radius 1 is 1.27 bits per heavy atom. The summed E-state index contributed by atoms with van der Waals surface area (Å²) in [6.45, 7) is 12.1. The van der Waals surface area contributed by atoms with E-state index in [2.05, 4.69) is 43.3 Å². The molecule has 0 radical (unpaired) electrons. The lowest BCUT2D eigenvalue weighted by atomic mass is 9.84. The van der Waals surface area contributed by atoms with E-state index in [1.807, 2.05) is 26.0 Å². The Kier molecular flexibility index (Phi) is 4.62. The Labute approximate surface area is 176 Å². The summed E-state index contributed by atoms with van der Waals surface area (Å²) < 4.78 is 6.08. The Hall–Kier alpha value is -3.07. The molecule has 2 aliphatic rings. The third-order valence-electron chi connectivity index (χ3n) is 6.36. The largest absolute Gasteiger partial charge is 0.493 e. The van der Waals surface area contributed by atoms with E-state index in [1.54, 1.807) is 6.33 Å². The number of ether oxygens (including phenoxy) is 1. The first-order valence-corrected chi connectivity index (χ1v) is 10.7. The molecule has 6 nitrogen and oxygen atoms in total. The van der Waals surface area contributed by atoms with E-state index >= 15 is 0 Å². The molecule has 1 saturated carbocycles. The lowest BCUT2D eigenvalue weighted by Crippen LogP contribution is -2.32. The van der Waals surface area contributed by atoms with E-state index in [9.17, 15) is 0 Å². The average molecular weight is 402 g/mol. The number of anilines is 1. The number of aromatic amines is 1. The van der Waals surface area contributed by atoms with Crippen LogP contribution in [0.15, 0.2) is 36.7 Å². The molecule has 3 heterocycles. The maximum absolute atomic E-state index is 7.46. The van der Waals surface area contributed by atoms with Crippen molar-refractivity contribution in [3.63, 3.8) is 0 Å². The molecule has 0 amide bonds. The monoisotopic (exact) mass is 401 g/mol. The van der Waals surface area contributed by atoms with E-state index < -0.39 is 0 Å². The topological polar surface area (TPSA) is 67.2 Å². The summed E-state index contributed by atoms with van der Waals surface area (Å²) in [4.78, 5) is 16.3. The van der Waals surface area contributed by atoms with Gasteiger partial charge in [-0.05, 0) is 37.3 Å². The fraction of sp³-hybridized carbons (Fsp3) is 0.458. The van der Waals surface area contributed by atoms with Gasteiger partial charge in [-0.3, -0.25) is 0 Å². The SMILES string of the molecule is [C-]#[N+]C(C)(C)CC[C@@H]1COc2ccccc2[C@H]1Nc1ncnc2[nH]c(C3CC3)cc12. The Balaban J connectivity index is 1.48. The second-order valence-corrected chi connectivity index (χ2v) is 9.18. The highest BCUT2D eigenvalue weighted by Gasteiger charge is 2.34. The van der Waals surface area contributed by atoms with Crippen molar-refractivity contribution in [3.8, 4) is 5.75 Å². The number of para-hydroxylation sites is 1. The van der Waals surface area contributed by atoms with E-state index in [0.717, 1.165) is 41.0 Å². The van der Waals surface area contributed by atoms with Gasteiger partial charge in [-0.2, -0.15) is 0 Å². The van der Waals surface area contributed by atoms with E-state index in [-0.39, 0.29) is 17.5 Å². The molecule has 1 aromatic carbocycles. The maximum atomic E-state index is 7.46. The molecule has 2 atom stereocenters. The van der Waals surface area contributed by atoms with E-state index in [1.165, 1.54) is 18.5 Å². The number of fused-ring (bicyclic) bond motifs is 2. The quantitative estimate of drug-likeness (QED) is 0.537. The van der Waals surface area contributed by atoms with Crippen molar-refractivity contribution < 1.29 is 4.74 Å². The molecule has 2 N–H and O–H groups in total. The highest BCUT2D eigenvalue weighted by atomic mass is 16.5. The van der Waals surface area contributed by atoms with Crippen molar-refractivity contribution in [2.45, 2.75) is 57.0 Å². The van der Waals surface area contributed by atoms with Gasteiger partial charge in [-0.1, -0.05) is 18.2 Å². The molecule has 0 unspecified atom stereocenters. The summed E-state index contributed by atoms with van der Waals surface area (Å²) in [6, 6.07) is 10.5. The fourth-order valence-electron chi connectivity index (χ4n) is 4.29. The lowest BCUT2D eigenvalue weighted by molar-refractivity contribution is 0.187. The van der Waals surface area contributed by atoms with Gasteiger partial charge in [0.2, 0.25) is 5.54 Å². The summed E-state index contributed by atoms with van der Waals surface area (Å²) in [5, 5.41) is 4.77. The molecule has 0 saturated heterocycles. The summed E-state index contributed by atoms with van der Waals surface area (Å²) in [6.07, 6.45) is 5.86. The van der Waals surface area contributed by atoms with Crippen molar-refractivity contribution in [2.75, 3.05) is 11.9 Å². The molecule has 5 rings (SSSR count). The van der Waals surface area contributed by atoms with Crippen LogP contribution in [-0.4, -0.2) is 27.1 Å². The molecule has 1 aliphatic heterocycles. The maximum Gasteiger partial charge on any atom is 0.227 e. The van der Waals surface area contributed by atoms with Crippen LogP contribution in [0.3, 0.4) is 0 Å². The zero-order valence-corrected chi connectivity index (χ0v) is 17.5. The molecular formula is C24H27N5O. The highest BCUT2D eigenvalue weighted by Crippen LogP contribution is 2.43. The van der Waals surface area contributed by atoms with Crippen LogP contribution in [0.1, 0.15) is 62.7 Å². The molecule has 6 heteroatoms. The minimum absolute atomic E-state index is 0.0776. The summed E-state index contributed by atoms with van der Waals surface area (Å²) >= 11 is 0. The van der Waals surface area contributed by atoms with Crippen LogP contribution >= 0.6 is 0 Å². The smallest absolute Gasteiger partial charge is 0.227 e. The van der Waals surface area contributed by atoms with Gasteiger partial charge in [-0.15, -0.1) is 0 Å². The van der Waals surface area contributed by atoms with Crippen LogP contribution in [-0.2, 0) is 0 Å². The first-order chi connectivity index (χ1) is 14.5. The minimum atomic E-state index is -0.358. The molecule has 0 spiro atoms. The number of benzene rings is 1. The van der Waals surface area contributed by atoms with Gasteiger partial charge in [-0.25, -0.2) is 16.5 Å². The molecule has 30 heavy (non-hydrogen) atoms. The van der Waals surface area contributed by atoms with E-state index in [0.29, 0.717) is 12.5 Å². The van der Waals surface area contributed by atoms with Gasteiger partial charge in [0.1, 0.15) is 23.5 Å². The third kappa shape index (κ3) is 3.60. The number of aromatic nitrogens is 3. The molecule has 1 fully saturated rings. The Morgan fingerprint density at radius 3 is 2.90 bits per heavy atom. The predicted octanol–water partition coefficient (Wildman–Crippen LogP) is 5.48. The van der Waals surface area contributed by atoms with Crippen LogP contribution in [0.2, 0.25) is 0 Å². The zero-order chi connectivity index (χ0) is 20.7. The van der Waals surface area contributed by atoms with Crippen molar-refractivity contribution >= 4 is 16.9 Å². The first kappa shape index (κ1) is 18.9. The number of rotatable bonds is 6. The Morgan fingerprint density at radius 2 is 2.10 bits per heavy atom. The average Bonchev–Trinajstić information content (AvgIpc) is 3.52. The van der Waals surface area contributed by atoms with E-state index in [4.69, 9.17) is 11.3 Å². The number of H-pyrrole nitrogens is 1. The van der Waals surface area contributed by atoms with Crippen LogP contribution in [0.25, 0.3) is 15.9 Å². The Bertz CT molecular complexity index is 1110. The van der Waals surface area contributed by atoms with Gasteiger partial charge in [0.25, 0.3) is 0 Å². The summed E-state index contributed by atoms with van der Waals surface area (Å²) in [5.74, 6) is 2.68. The highest BCUT2D eigenvalue weighted by molar-refractivity contribution is 5.88. The number of nitrogens with one attached hydrogen (secondary N) is 2. The van der Waals surface area contributed by atoms with Gasteiger partial charge in [0, 0.05) is 37.4 Å². The lowest BCUT2D eigenvalue weighted by Gasteiger charge is -2.35. The van der Waals surface area contributed by atoms with Gasteiger partial charge < -0.3 is 19.9 Å². The molecule has 2 aromatic heterocycles. The first-order valence-electron chi connectivity index (χ1n) is 10.7. The minimum Gasteiger partial charge on any atom is -0.493 e. The van der Waals surface area contributed by atoms with Gasteiger partial charge >= 0.3 is 0 Å². The van der Waals surface area contributed by atoms with Crippen LogP contribution in [0.5, 0.6) is 5.75 Å². The van der Waals surface area contributed by atoms with Crippen molar-refractivity contribution in [1.29, 1.82) is 0 Å². The molecule has 3 aromatic rings.